The molecule has 0 amide bonds. The van der Waals surface area contributed by atoms with Gasteiger partial charge in [0.25, 0.3) is 5.56 Å². The fraction of sp³-hybridized carbons (Fsp3) is 0.269. The molecule has 1 aromatic heterocycles. The summed E-state index contributed by atoms with van der Waals surface area (Å²) < 4.78 is 18.4. The Morgan fingerprint density at radius 3 is 2.64 bits per heavy atom. The average Bonchev–Trinajstić information content (AvgIpc) is 3.15. The van der Waals surface area contributed by atoms with E-state index in [1.54, 1.807) is 63.4 Å². The first kappa shape index (κ1) is 26.0. The molecule has 0 N–H and O–H groups in total. The van der Waals surface area contributed by atoms with Gasteiger partial charge < -0.3 is 14.2 Å². The number of hydrogen-bond donors (Lipinski definition) is 0. The van der Waals surface area contributed by atoms with Crippen LogP contribution in [0.15, 0.2) is 57.5 Å². The Morgan fingerprint density at radius 1 is 1.17 bits per heavy atom. The van der Waals surface area contributed by atoms with E-state index in [1.807, 2.05) is 6.92 Å². The second kappa shape index (κ2) is 10.9. The standard InChI is InChI=1S/C26H24Cl2N2O5S/c1-5-34-19-12-16(10-11-18(19)33-4)23-21(25(32)35-6-2)14(3)29-26-30(23)24(31)20(36-26)13-15-8-7-9-17(27)22(15)28/h7-13,23H,5-6H2,1-4H3/b20-13-/t23-/m1/s1. The monoisotopic (exact) mass is 546 g/mol. The van der Waals surface area contributed by atoms with Gasteiger partial charge in [-0.2, -0.15) is 0 Å². The highest BCUT2D eigenvalue weighted by atomic mass is 35.5. The third-order valence-corrected chi connectivity index (χ3v) is 7.40. The number of nitrogens with zero attached hydrogens (tertiary/aromatic N) is 2. The van der Waals surface area contributed by atoms with Gasteiger partial charge in [0.1, 0.15) is 0 Å². The molecular weight excluding hydrogens is 523 g/mol. The summed E-state index contributed by atoms with van der Waals surface area (Å²) in [6.07, 6.45) is 1.68. The molecule has 7 nitrogen and oxygen atoms in total. The summed E-state index contributed by atoms with van der Waals surface area (Å²) in [5, 5.41) is 0.736. The van der Waals surface area contributed by atoms with Gasteiger partial charge in [0.15, 0.2) is 16.3 Å². The SMILES string of the molecule is CCOC(=O)C1=C(C)N=c2s/c(=C\c3cccc(Cl)c3Cl)c(=O)n2[C@@H]1c1ccc(OC)c(OCC)c1. The largest absolute Gasteiger partial charge is 0.493 e. The fourth-order valence-electron chi connectivity index (χ4n) is 4.01. The van der Waals surface area contributed by atoms with Gasteiger partial charge in [-0.3, -0.25) is 9.36 Å². The van der Waals surface area contributed by atoms with Crippen molar-refractivity contribution in [3.8, 4) is 11.5 Å². The molecule has 0 bridgehead atoms. The maximum atomic E-state index is 13.7. The van der Waals surface area contributed by atoms with E-state index in [-0.39, 0.29) is 17.7 Å². The van der Waals surface area contributed by atoms with Crippen molar-refractivity contribution in [1.29, 1.82) is 0 Å². The van der Waals surface area contributed by atoms with Gasteiger partial charge in [0.2, 0.25) is 0 Å². The summed E-state index contributed by atoms with van der Waals surface area (Å²) in [5.74, 6) is 0.509. The number of methoxy groups -OCH3 is 1. The number of allylic oxidation sites excluding steroid dienone is 1. The molecule has 1 aliphatic heterocycles. The first-order valence-electron chi connectivity index (χ1n) is 11.2. The Kier molecular flexibility index (Phi) is 7.88. The van der Waals surface area contributed by atoms with E-state index in [2.05, 4.69) is 4.99 Å². The number of fused-ring (bicyclic) bond motifs is 1. The summed E-state index contributed by atoms with van der Waals surface area (Å²) in [6.45, 7) is 5.93. The van der Waals surface area contributed by atoms with Crippen LogP contribution in [-0.4, -0.2) is 30.9 Å². The highest BCUT2D eigenvalue weighted by Gasteiger charge is 2.34. The van der Waals surface area contributed by atoms with E-state index in [4.69, 9.17) is 37.4 Å². The Balaban J connectivity index is 1.98. The van der Waals surface area contributed by atoms with Gasteiger partial charge in [-0.05, 0) is 56.2 Å². The van der Waals surface area contributed by atoms with E-state index in [9.17, 15) is 9.59 Å². The zero-order valence-corrected chi connectivity index (χ0v) is 22.5. The molecule has 2 aromatic carbocycles. The van der Waals surface area contributed by atoms with Crippen LogP contribution in [0.2, 0.25) is 10.0 Å². The van der Waals surface area contributed by atoms with Crippen molar-refractivity contribution in [3.05, 3.63) is 88.5 Å². The highest BCUT2D eigenvalue weighted by Crippen LogP contribution is 2.36. The fourth-order valence-corrected chi connectivity index (χ4v) is 5.41. The number of carbonyl (C=O) groups is 1. The molecule has 0 fully saturated rings. The third kappa shape index (κ3) is 4.81. The number of thiazole rings is 1. The van der Waals surface area contributed by atoms with Crippen molar-refractivity contribution in [3.63, 3.8) is 0 Å². The molecule has 10 heteroatoms. The van der Waals surface area contributed by atoms with Gasteiger partial charge in [-0.1, -0.05) is 52.7 Å². The van der Waals surface area contributed by atoms with Gasteiger partial charge >= 0.3 is 5.97 Å². The molecule has 1 atom stereocenters. The van der Waals surface area contributed by atoms with Crippen molar-refractivity contribution in [2.24, 2.45) is 4.99 Å². The minimum atomic E-state index is -0.776. The van der Waals surface area contributed by atoms with Gasteiger partial charge in [0, 0.05) is 0 Å². The lowest BCUT2D eigenvalue weighted by molar-refractivity contribution is -0.139. The molecule has 0 spiro atoms. The first-order chi connectivity index (χ1) is 17.3. The van der Waals surface area contributed by atoms with Gasteiger partial charge in [-0.15, -0.1) is 0 Å². The Bertz CT molecular complexity index is 1540. The number of benzene rings is 2. The number of ether oxygens (including phenoxy) is 3. The molecule has 188 valence electrons. The molecule has 0 radical (unpaired) electrons. The van der Waals surface area contributed by atoms with Crippen molar-refractivity contribution >= 4 is 46.6 Å². The number of rotatable bonds is 7. The molecule has 36 heavy (non-hydrogen) atoms. The van der Waals surface area contributed by atoms with Crippen LogP contribution in [0, 0.1) is 0 Å². The minimum Gasteiger partial charge on any atom is -0.493 e. The molecule has 3 aromatic rings. The zero-order valence-electron chi connectivity index (χ0n) is 20.1. The third-order valence-electron chi connectivity index (χ3n) is 5.59. The number of esters is 1. The van der Waals surface area contributed by atoms with Crippen LogP contribution in [0.1, 0.15) is 37.9 Å². The highest BCUT2D eigenvalue weighted by molar-refractivity contribution is 7.07. The lowest BCUT2D eigenvalue weighted by Crippen LogP contribution is -2.40. The average molecular weight is 547 g/mol. The summed E-state index contributed by atoms with van der Waals surface area (Å²) in [7, 11) is 1.55. The predicted molar refractivity (Wildman–Crippen MR) is 141 cm³/mol. The normalized spacial score (nSPS) is 15.4. The van der Waals surface area contributed by atoms with Crippen LogP contribution in [0.5, 0.6) is 11.5 Å². The molecule has 2 heterocycles. The Labute approximate surface area is 221 Å². The molecule has 1 aliphatic rings. The Hall–Kier alpha value is -3.07. The molecule has 0 saturated heterocycles. The molecular formula is C26H24Cl2N2O5S. The topological polar surface area (TPSA) is 79.1 Å². The van der Waals surface area contributed by atoms with Crippen LogP contribution in [0.3, 0.4) is 0 Å². The molecule has 0 unspecified atom stereocenters. The van der Waals surface area contributed by atoms with Gasteiger partial charge in [0.05, 0.1) is 52.2 Å². The summed E-state index contributed by atoms with van der Waals surface area (Å²) in [4.78, 5) is 31.9. The first-order valence-corrected chi connectivity index (χ1v) is 12.8. The van der Waals surface area contributed by atoms with E-state index in [0.717, 1.165) is 0 Å². The smallest absolute Gasteiger partial charge is 0.338 e. The lowest BCUT2D eigenvalue weighted by Gasteiger charge is -2.25. The van der Waals surface area contributed by atoms with Crippen LogP contribution in [0.4, 0.5) is 0 Å². The van der Waals surface area contributed by atoms with Crippen LogP contribution in [-0.2, 0) is 9.53 Å². The van der Waals surface area contributed by atoms with Gasteiger partial charge in [-0.25, -0.2) is 9.79 Å². The van der Waals surface area contributed by atoms with E-state index < -0.39 is 12.0 Å². The summed E-state index contributed by atoms with van der Waals surface area (Å²) in [5.41, 5.74) is 1.70. The lowest BCUT2D eigenvalue weighted by atomic mass is 9.95. The molecule has 4 rings (SSSR count). The number of hydrogen-bond acceptors (Lipinski definition) is 7. The van der Waals surface area contributed by atoms with Crippen molar-refractivity contribution in [2.45, 2.75) is 26.8 Å². The maximum Gasteiger partial charge on any atom is 0.338 e. The van der Waals surface area contributed by atoms with Crippen LogP contribution >= 0.6 is 34.5 Å². The van der Waals surface area contributed by atoms with Crippen LogP contribution < -0.4 is 24.4 Å². The molecule has 0 saturated carbocycles. The Morgan fingerprint density at radius 2 is 1.94 bits per heavy atom. The second-order valence-electron chi connectivity index (χ2n) is 7.79. The number of halogens is 2. The summed E-state index contributed by atoms with van der Waals surface area (Å²) >= 11 is 13.7. The van der Waals surface area contributed by atoms with Crippen molar-refractivity contribution < 1.29 is 19.0 Å². The van der Waals surface area contributed by atoms with Crippen molar-refractivity contribution in [1.82, 2.24) is 4.57 Å². The predicted octanol–water partition coefficient (Wildman–Crippen LogP) is 4.51. The zero-order chi connectivity index (χ0) is 26.0. The minimum absolute atomic E-state index is 0.187. The summed E-state index contributed by atoms with van der Waals surface area (Å²) in [6, 6.07) is 9.76. The number of aromatic nitrogens is 1. The number of carbonyl (C=O) groups excluding carboxylic acids is 1. The maximum absolute atomic E-state index is 13.7. The van der Waals surface area contributed by atoms with E-state index >= 15 is 0 Å². The van der Waals surface area contributed by atoms with Crippen LogP contribution in [0.25, 0.3) is 6.08 Å². The van der Waals surface area contributed by atoms with Crippen molar-refractivity contribution in [2.75, 3.05) is 20.3 Å². The molecule has 0 aliphatic carbocycles. The quantitative estimate of drug-likeness (QED) is 0.407. The second-order valence-corrected chi connectivity index (χ2v) is 9.58. The van der Waals surface area contributed by atoms with E-state index in [0.29, 0.717) is 54.3 Å². The van der Waals surface area contributed by atoms with E-state index in [1.165, 1.54) is 15.9 Å².